The Balaban J connectivity index is 2.00. The van der Waals surface area contributed by atoms with Gasteiger partial charge in [-0.15, -0.1) is 0 Å². The predicted molar refractivity (Wildman–Crippen MR) is 179 cm³/mol. The van der Waals surface area contributed by atoms with Gasteiger partial charge in [0, 0.05) is 43.8 Å². The first-order valence-corrected chi connectivity index (χ1v) is 16.4. The monoisotopic (exact) mass is 620 g/mol. The van der Waals surface area contributed by atoms with Gasteiger partial charge in [0.25, 0.3) is 5.70 Å². The zero-order valence-corrected chi connectivity index (χ0v) is 28.0. The molecular weight excluding hydrogens is 572 g/mol. The molecule has 0 amide bonds. The molecule has 0 heterocycles. The predicted octanol–water partition coefficient (Wildman–Crippen LogP) is 5.76. The van der Waals surface area contributed by atoms with Gasteiger partial charge in [-0.3, -0.25) is 0 Å². The lowest BCUT2D eigenvalue weighted by Gasteiger charge is -2.34. The van der Waals surface area contributed by atoms with Gasteiger partial charge in [-0.1, -0.05) is 38.2 Å². The van der Waals surface area contributed by atoms with Crippen molar-refractivity contribution in [2.75, 3.05) is 47.3 Å². The molecule has 2 aliphatic rings. The van der Waals surface area contributed by atoms with Crippen LogP contribution < -0.4 is 10.6 Å². The summed E-state index contributed by atoms with van der Waals surface area (Å²) in [5.41, 5.74) is 4.04. The van der Waals surface area contributed by atoms with Crippen LogP contribution in [0.5, 0.6) is 0 Å². The van der Waals surface area contributed by atoms with Crippen molar-refractivity contribution in [1.82, 2.24) is 20.4 Å². The summed E-state index contributed by atoms with van der Waals surface area (Å²) in [7, 11) is 6.04. The van der Waals surface area contributed by atoms with Gasteiger partial charge in [0.2, 0.25) is 0 Å². The fraction of sp³-hybridized carbons (Fsp3) is 0.611. The zero-order valence-electron chi connectivity index (χ0n) is 28.0. The quantitative estimate of drug-likeness (QED) is 0.117. The molecule has 0 saturated carbocycles. The van der Waals surface area contributed by atoms with Gasteiger partial charge in [0.05, 0.1) is 35.9 Å². The molecular formula is C36H48N10. The largest absolute Gasteiger partial charge is 0.387 e. The fourth-order valence-corrected chi connectivity index (χ4v) is 6.29. The second-order valence-electron chi connectivity index (χ2n) is 12.2. The van der Waals surface area contributed by atoms with Gasteiger partial charge in [-0.05, 0) is 83.8 Å². The number of allylic oxidation sites excluding steroid dienone is 4. The number of likely N-dealkylation sites (N-methyl/N-ethyl adjacent to an activating group) is 2. The summed E-state index contributed by atoms with van der Waals surface area (Å²) in [6.07, 6.45) is 10.3. The Morgan fingerprint density at radius 1 is 0.783 bits per heavy atom. The Morgan fingerprint density at radius 2 is 1.41 bits per heavy atom. The van der Waals surface area contributed by atoms with Crippen molar-refractivity contribution in [2.24, 2.45) is 0 Å². The molecule has 0 aliphatic heterocycles. The highest BCUT2D eigenvalue weighted by Crippen LogP contribution is 2.36. The van der Waals surface area contributed by atoms with Gasteiger partial charge >= 0.3 is 0 Å². The van der Waals surface area contributed by atoms with Gasteiger partial charge < -0.3 is 20.4 Å². The topological polar surface area (TPSA) is 154 Å². The van der Waals surface area contributed by atoms with Gasteiger partial charge in [0.1, 0.15) is 17.7 Å². The molecule has 0 saturated heterocycles. The molecule has 2 atom stereocenters. The van der Waals surface area contributed by atoms with Crippen LogP contribution >= 0.6 is 0 Å². The molecule has 46 heavy (non-hydrogen) atoms. The summed E-state index contributed by atoms with van der Waals surface area (Å²) in [6.45, 7) is 12.9. The van der Waals surface area contributed by atoms with Gasteiger partial charge in [0.15, 0.2) is 0 Å². The second-order valence-corrected chi connectivity index (χ2v) is 12.2. The van der Waals surface area contributed by atoms with Gasteiger partial charge in [-0.2, -0.15) is 21.0 Å². The summed E-state index contributed by atoms with van der Waals surface area (Å²) < 4.78 is 0. The van der Waals surface area contributed by atoms with E-state index in [1.54, 1.807) is 0 Å². The molecule has 2 unspecified atom stereocenters. The number of nitriles is 5. The molecule has 10 nitrogen and oxygen atoms in total. The molecule has 242 valence electrons. The van der Waals surface area contributed by atoms with E-state index in [0.717, 1.165) is 88.7 Å². The third kappa shape index (κ3) is 10.6. The maximum Gasteiger partial charge on any atom is 0.266 e. The summed E-state index contributed by atoms with van der Waals surface area (Å²) in [5.74, 6) is 0. The molecule has 0 spiro atoms. The molecule has 10 heteroatoms. The molecule has 2 N–H and O–H groups in total. The molecule has 0 fully saturated rings. The van der Waals surface area contributed by atoms with Crippen molar-refractivity contribution in [3.8, 4) is 30.3 Å². The maximum absolute atomic E-state index is 9.99. The van der Waals surface area contributed by atoms with Crippen molar-refractivity contribution < 1.29 is 0 Å². The molecule has 0 aromatic heterocycles. The number of nitrogens with zero attached hydrogens (tertiary/aromatic N) is 8. The van der Waals surface area contributed by atoms with Crippen LogP contribution in [0.15, 0.2) is 44.8 Å². The highest BCUT2D eigenvalue weighted by molar-refractivity contribution is 5.57. The third-order valence-electron chi connectivity index (χ3n) is 9.13. The fourth-order valence-electron chi connectivity index (χ4n) is 6.29. The van der Waals surface area contributed by atoms with Crippen LogP contribution in [0.4, 0.5) is 0 Å². The average molecular weight is 621 g/mol. The van der Waals surface area contributed by atoms with E-state index in [0.29, 0.717) is 48.1 Å². The van der Waals surface area contributed by atoms with Crippen molar-refractivity contribution >= 4 is 0 Å². The minimum absolute atomic E-state index is 0.00657. The van der Waals surface area contributed by atoms with Crippen LogP contribution in [0.3, 0.4) is 0 Å². The molecule has 2 rings (SSSR count). The van der Waals surface area contributed by atoms with E-state index in [9.17, 15) is 26.3 Å². The lowest BCUT2D eigenvalue weighted by molar-refractivity contribution is 0.228. The Kier molecular flexibility index (Phi) is 16.9. The van der Waals surface area contributed by atoms with Crippen LogP contribution in [0, 0.1) is 63.2 Å². The Morgan fingerprint density at radius 3 is 2.02 bits per heavy atom. The first kappa shape index (κ1) is 37.8. The van der Waals surface area contributed by atoms with E-state index in [1.165, 1.54) is 0 Å². The van der Waals surface area contributed by atoms with Gasteiger partial charge in [-0.25, -0.2) is 10.1 Å². The van der Waals surface area contributed by atoms with E-state index in [1.807, 2.05) is 25.3 Å². The average Bonchev–Trinajstić information content (AvgIpc) is 3.07. The third-order valence-corrected chi connectivity index (χ3v) is 9.13. The normalized spacial score (nSPS) is 19.1. The maximum atomic E-state index is 9.99. The lowest BCUT2D eigenvalue weighted by Crippen LogP contribution is -2.38. The Bertz CT molecular complexity index is 1300. The van der Waals surface area contributed by atoms with Crippen LogP contribution in [0.1, 0.15) is 84.0 Å². The lowest BCUT2D eigenvalue weighted by atomic mass is 9.80. The highest BCUT2D eigenvalue weighted by atomic mass is 15.1. The van der Waals surface area contributed by atoms with Crippen molar-refractivity contribution in [2.45, 2.75) is 96.1 Å². The minimum Gasteiger partial charge on any atom is -0.387 e. The van der Waals surface area contributed by atoms with Crippen LogP contribution in [-0.2, 0) is 0 Å². The molecule has 0 aromatic rings. The SMILES string of the molecule is [C-]#[N+]/C(C#N)=C1\CC(N(C)CCCC)CC(NCCCCCCCC2=C(C#N)C(=C(C#N)C#N)CC(N(C)CCNC)C2)=C1C#N. The number of nitrogens with one attached hydrogen (secondary N) is 2. The summed E-state index contributed by atoms with van der Waals surface area (Å²) in [4.78, 5) is 7.95. The number of hydrogen-bond acceptors (Lipinski definition) is 9. The standard InChI is InChI=1S/C36H48N10/c1-6-7-16-45(4)30-20-32(36(26-41)43-3)34(25-40)35(21-30)44-14-12-10-8-9-11-13-27-18-29(46(5)17-15-42-2)19-31(33(27)24-39)28(22-37)23-38/h29-30,42,44H,6-21H2,1-2,4-5H3/b36-32+. The summed E-state index contributed by atoms with van der Waals surface area (Å²) in [6, 6.07) is 10.9. The Hall–Kier alpha value is -4.42. The van der Waals surface area contributed by atoms with E-state index < -0.39 is 0 Å². The Labute approximate surface area is 276 Å². The molecule has 0 radical (unpaired) electrons. The van der Waals surface area contributed by atoms with Crippen LogP contribution in [0.25, 0.3) is 4.85 Å². The van der Waals surface area contributed by atoms with Crippen LogP contribution in [-0.4, -0.2) is 69.2 Å². The first-order chi connectivity index (χ1) is 22.3. The zero-order chi connectivity index (χ0) is 33.9. The highest BCUT2D eigenvalue weighted by Gasteiger charge is 2.31. The van der Waals surface area contributed by atoms with Crippen LogP contribution in [0.2, 0.25) is 0 Å². The van der Waals surface area contributed by atoms with Crippen molar-refractivity contribution in [3.05, 3.63) is 56.2 Å². The van der Waals surface area contributed by atoms with Crippen molar-refractivity contribution in [3.63, 3.8) is 0 Å². The smallest absolute Gasteiger partial charge is 0.266 e. The number of unbranched alkanes of at least 4 members (excludes halogenated alkanes) is 5. The second kappa shape index (κ2) is 20.6. The van der Waals surface area contributed by atoms with E-state index in [-0.39, 0.29) is 23.4 Å². The van der Waals surface area contributed by atoms with E-state index >= 15 is 0 Å². The summed E-state index contributed by atoms with van der Waals surface area (Å²) >= 11 is 0. The molecule has 0 aromatic carbocycles. The van der Waals surface area contributed by atoms with E-state index in [2.05, 4.69) is 58.4 Å². The number of hydrogen-bond donors (Lipinski definition) is 2. The minimum atomic E-state index is 0.00657. The van der Waals surface area contributed by atoms with E-state index in [4.69, 9.17) is 6.57 Å². The molecule has 2 aliphatic carbocycles. The molecule has 0 bridgehead atoms. The summed E-state index contributed by atoms with van der Waals surface area (Å²) in [5, 5.41) is 55.3. The number of rotatable bonds is 17. The first-order valence-electron chi connectivity index (χ1n) is 16.4. The van der Waals surface area contributed by atoms with Crippen molar-refractivity contribution in [1.29, 1.82) is 26.3 Å².